The normalized spacial score (nSPS) is 11.2. The average Bonchev–Trinajstić information content (AvgIpc) is 2.54. The van der Waals surface area contributed by atoms with Crippen molar-refractivity contribution in [2.75, 3.05) is 7.11 Å². The van der Waals surface area contributed by atoms with E-state index in [1.807, 2.05) is 6.07 Å². The van der Waals surface area contributed by atoms with Gasteiger partial charge in [-0.3, -0.25) is 0 Å². The molecule has 0 bridgehead atoms. The summed E-state index contributed by atoms with van der Waals surface area (Å²) in [6, 6.07) is 7.02. The molecular formula is C17H12F5NO3. The van der Waals surface area contributed by atoms with Crippen LogP contribution in [-0.4, -0.2) is 13.5 Å². The van der Waals surface area contributed by atoms with Crippen LogP contribution in [-0.2, 0) is 0 Å². The van der Waals surface area contributed by atoms with E-state index >= 15 is 0 Å². The summed E-state index contributed by atoms with van der Waals surface area (Å²) in [5, 5.41) is 9.21. The van der Waals surface area contributed by atoms with Crippen LogP contribution in [0.1, 0.15) is 23.1 Å². The molecule has 0 fully saturated rings. The second kappa shape index (κ2) is 7.47. The van der Waals surface area contributed by atoms with E-state index in [-0.39, 0.29) is 33.9 Å². The topological polar surface area (TPSA) is 51.5 Å². The van der Waals surface area contributed by atoms with Gasteiger partial charge in [-0.1, -0.05) is 0 Å². The highest BCUT2D eigenvalue weighted by Gasteiger charge is 2.31. The summed E-state index contributed by atoms with van der Waals surface area (Å²) in [6.07, 6.45) is -7.67. The molecule has 0 aromatic heterocycles. The van der Waals surface area contributed by atoms with E-state index in [0.717, 1.165) is 30.3 Å². The molecule has 138 valence electrons. The lowest BCUT2D eigenvalue weighted by Crippen LogP contribution is -2.17. The van der Waals surface area contributed by atoms with Gasteiger partial charge in [0.1, 0.15) is 17.6 Å². The molecule has 0 aliphatic rings. The number of hydrogen-bond acceptors (Lipinski definition) is 4. The zero-order chi connectivity index (χ0) is 19.5. The third-order valence-electron chi connectivity index (χ3n) is 3.27. The van der Waals surface area contributed by atoms with Crippen LogP contribution in [0.4, 0.5) is 22.0 Å². The van der Waals surface area contributed by atoms with E-state index < -0.39 is 18.5 Å². The second-order valence-electron chi connectivity index (χ2n) is 5.09. The van der Waals surface area contributed by atoms with Gasteiger partial charge >= 0.3 is 6.36 Å². The molecule has 0 saturated heterocycles. The number of nitriles is 1. The van der Waals surface area contributed by atoms with Crippen molar-refractivity contribution >= 4 is 0 Å². The quantitative estimate of drug-likeness (QED) is 0.649. The number of methoxy groups -OCH3 is 1. The fourth-order valence-electron chi connectivity index (χ4n) is 2.18. The van der Waals surface area contributed by atoms with Crippen molar-refractivity contribution in [2.24, 2.45) is 0 Å². The van der Waals surface area contributed by atoms with Gasteiger partial charge in [0.05, 0.1) is 12.7 Å². The number of hydrogen-bond donors (Lipinski definition) is 0. The van der Waals surface area contributed by atoms with Crippen molar-refractivity contribution in [3.05, 3.63) is 47.0 Å². The number of halogens is 5. The van der Waals surface area contributed by atoms with Crippen molar-refractivity contribution in [3.63, 3.8) is 0 Å². The molecule has 26 heavy (non-hydrogen) atoms. The molecule has 0 atom stereocenters. The first-order chi connectivity index (χ1) is 12.1. The highest BCUT2D eigenvalue weighted by atomic mass is 19.4. The van der Waals surface area contributed by atoms with Gasteiger partial charge < -0.3 is 14.2 Å². The lowest BCUT2D eigenvalue weighted by molar-refractivity contribution is -0.274. The van der Waals surface area contributed by atoms with Crippen LogP contribution in [0, 0.1) is 18.3 Å². The molecule has 0 aliphatic carbocycles. The largest absolute Gasteiger partial charge is 0.573 e. The molecule has 2 aromatic rings. The van der Waals surface area contributed by atoms with E-state index in [0.29, 0.717) is 0 Å². The SMILES string of the molecule is COc1cc(OC(F)(F)F)ccc1Oc1cc(C(F)F)cc(C)c1C#N. The molecule has 0 N–H and O–H groups in total. The Morgan fingerprint density at radius 1 is 1.04 bits per heavy atom. The molecule has 2 aromatic carbocycles. The molecule has 0 saturated carbocycles. The number of ether oxygens (including phenoxy) is 3. The van der Waals surface area contributed by atoms with Crippen LogP contribution >= 0.6 is 0 Å². The van der Waals surface area contributed by atoms with Gasteiger partial charge in [-0.05, 0) is 36.8 Å². The molecule has 0 unspecified atom stereocenters. The van der Waals surface area contributed by atoms with Crippen LogP contribution in [0.3, 0.4) is 0 Å². The van der Waals surface area contributed by atoms with Gasteiger partial charge in [0.25, 0.3) is 6.43 Å². The van der Waals surface area contributed by atoms with E-state index in [1.54, 1.807) is 0 Å². The van der Waals surface area contributed by atoms with E-state index in [2.05, 4.69) is 4.74 Å². The molecule has 0 amide bonds. The van der Waals surface area contributed by atoms with Gasteiger partial charge in [0.15, 0.2) is 11.5 Å². The van der Waals surface area contributed by atoms with Gasteiger partial charge in [-0.25, -0.2) is 8.78 Å². The van der Waals surface area contributed by atoms with Crippen LogP contribution in [0.2, 0.25) is 0 Å². The zero-order valence-corrected chi connectivity index (χ0v) is 13.5. The van der Waals surface area contributed by atoms with Crippen LogP contribution < -0.4 is 14.2 Å². The Labute approximate surface area is 145 Å². The summed E-state index contributed by atoms with van der Waals surface area (Å²) >= 11 is 0. The first-order valence-electron chi connectivity index (χ1n) is 7.09. The number of benzene rings is 2. The van der Waals surface area contributed by atoms with Crippen molar-refractivity contribution in [3.8, 4) is 29.1 Å². The third-order valence-corrected chi connectivity index (χ3v) is 3.27. The maximum Gasteiger partial charge on any atom is 0.573 e. The van der Waals surface area contributed by atoms with E-state index in [9.17, 15) is 27.2 Å². The first-order valence-corrected chi connectivity index (χ1v) is 7.09. The molecule has 0 spiro atoms. The van der Waals surface area contributed by atoms with E-state index in [1.165, 1.54) is 14.0 Å². The van der Waals surface area contributed by atoms with Gasteiger partial charge in [-0.2, -0.15) is 5.26 Å². The number of aryl methyl sites for hydroxylation is 1. The van der Waals surface area contributed by atoms with Gasteiger partial charge in [0, 0.05) is 11.6 Å². The molecule has 4 nitrogen and oxygen atoms in total. The van der Waals surface area contributed by atoms with Crippen molar-refractivity contribution in [1.82, 2.24) is 0 Å². The maximum atomic E-state index is 13.0. The second-order valence-corrected chi connectivity index (χ2v) is 5.09. The van der Waals surface area contributed by atoms with Gasteiger partial charge in [-0.15, -0.1) is 13.2 Å². The van der Waals surface area contributed by atoms with Crippen molar-refractivity contribution in [2.45, 2.75) is 19.7 Å². The Morgan fingerprint density at radius 3 is 2.27 bits per heavy atom. The maximum absolute atomic E-state index is 13.0. The Hall–Kier alpha value is -3.02. The number of alkyl halides is 5. The molecule has 0 radical (unpaired) electrons. The minimum atomic E-state index is -4.88. The van der Waals surface area contributed by atoms with E-state index in [4.69, 9.17) is 9.47 Å². The number of rotatable bonds is 5. The summed E-state index contributed by atoms with van der Waals surface area (Å²) in [4.78, 5) is 0. The molecule has 2 rings (SSSR count). The fraction of sp³-hybridized carbons (Fsp3) is 0.235. The standard InChI is InChI=1S/C17H12F5NO3/c1-9-5-10(16(18)19)6-14(12(9)8-23)25-13-4-3-11(7-15(13)24-2)26-17(20,21)22/h3-7,16H,1-2H3. The first kappa shape index (κ1) is 19.3. The number of nitrogens with zero attached hydrogens (tertiary/aromatic N) is 1. The molecular weight excluding hydrogens is 361 g/mol. The van der Waals surface area contributed by atoms with Crippen LogP contribution in [0.5, 0.6) is 23.0 Å². The predicted molar refractivity (Wildman–Crippen MR) is 80.6 cm³/mol. The Kier molecular flexibility index (Phi) is 5.55. The Balaban J connectivity index is 2.43. The molecule has 0 aliphatic heterocycles. The van der Waals surface area contributed by atoms with Crippen LogP contribution in [0.15, 0.2) is 30.3 Å². The lowest BCUT2D eigenvalue weighted by Gasteiger charge is -2.15. The summed E-state index contributed by atoms with van der Waals surface area (Å²) in [6.45, 7) is 1.47. The summed E-state index contributed by atoms with van der Waals surface area (Å²) < 4.78 is 77.0. The lowest BCUT2D eigenvalue weighted by atomic mass is 10.0. The predicted octanol–water partition coefficient (Wildman–Crippen LogP) is 5.50. The highest BCUT2D eigenvalue weighted by molar-refractivity contribution is 5.54. The highest BCUT2D eigenvalue weighted by Crippen LogP contribution is 2.39. The summed E-state index contributed by atoms with van der Waals surface area (Å²) in [7, 11) is 1.19. The molecule has 0 heterocycles. The van der Waals surface area contributed by atoms with Crippen molar-refractivity contribution < 1.29 is 36.2 Å². The Bertz CT molecular complexity index is 844. The fourth-order valence-corrected chi connectivity index (χ4v) is 2.18. The smallest absolute Gasteiger partial charge is 0.493 e. The zero-order valence-electron chi connectivity index (χ0n) is 13.5. The monoisotopic (exact) mass is 373 g/mol. The summed E-state index contributed by atoms with van der Waals surface area (Å²) in [5.41, 5.74) is -0.0594. The third kappa shape index (κ3) is 4.53. The molecule has 9 heteroatoms. The minimum absolute atomic E-state index is 0.0204. The van der Waals surface area contributed by atoms with Crippen molar-refractivity contribution in [1.29, 1.82) is 5.26 Å². The summed E-state index contributed by atoms with van der Waals surface area (Å²) in [5.74, 6) is -0.898. The minimum Gasteiger partial charge on any atom is -0.493 e. The van der Waals surface area contributed by atoms with Crippen LogP contribution in [0.25, 0.3) is 0 Å². The Morgan fingerprint density at radius 2 is 1.73 bits per heavy atom. The average molecular weight is 373 g/mol. The van der Waals surface area contributed by atoms with Gasteiger partial charge in [0.2, 0.25) is 0 Å².